The Balaban J connectivity index is 1.03. The van der Waals surface area contributed by atoms with Gasteiger partial charge in [-0.1, -0.05) is 24.3 Å². The topological polar surface area (TPSA) is 95.1 Å². The minimum Gasteiger partial charge on any atom is -0.490 e. The smallest absolute Gasteiger partial charge is 0.490 e. The van der Waals surface area contributed by atoms with Gasteiger partial charge in [0.15, 0.2) is 0 Å². The first-order valence-corrected chi connectivity index (χ1v) is 12.8. The minimum atomic E-state index is -4.69. The van der Waals surface area contributed by atoms with Crippen molar-refractivity contribution in [3.8, 4) is 17.5 Å². The van der Waals surface area contributed by atoms with Crippen LogP contribution >= 0.6 is 0 Å². The van der Waals surface area contributed by atoms with E-state index in [-0.39, 0.29) is 23.7 Å². The summed E-state index contributed by atoms with van der Waals surface area (Å²) in [7, 11) is 0. The van der Waals surface area contributed by atoms with E-state index in [9.17, 15) is 23.3 Å². The lowest BCUT2D eigenvalue weighted by atomic mass is 10.2. The van der Waals surface area contributed by atoms with Crippen LogP contribution in [0.15, 0.2) is 60.8 Å². The molecule has 40 heavy (non-hydrogen) atoms. The molecular weight excluding hydrogens is 531 g/mol. The first-order chi connectivity index (χ1) is 19.2. The maximum absolute atomic E-state index is 12.3. The van der Waals surface area contributed by atoms with Crippen molar-refractivity contribution in [3.63, 3.8) is 0 Å². The second kappa shape index (κ2) is 11.9. The van der Waals surface area contributed by atoms with Crippen LogP contribution in [0.5, 0.6) is 17.5 Å². The van der Waals surface area contributed by atoms with Crippen LogP contribution in [0.4, 0.5) is 24.7 Å². The molecule has 2 aliphatic heterocycles. The van der Waals surface area contributed by atoms with Gasteiger partial charge in [0, 0.05) is 56.4 Å². The van der Waals surface area contributed by atoms with Crippen molar-refractivity contribution in [1.29, 1.82) is 0 Å². The Morgan fingerprint density at radius 1 is 1.02 bits per heavy atom. The average molecular weight is 560 g/mol. The number of benzene rings is 2. The van der Waals surface area contributed by atoms with Gasteiger partial charge in [-0.15, -0.1) is 13.2 Å². The van der Waals surface area contributed by atoms with Crippen molar-refractivity contribution >= 4 is 17.6 Å². The molecule has 0 unspecified atom stereocenters. The number of anilines is 1. The predicted molar refractivity (Wildman–Crippen MR) is 141 cm³/mol. The molecule has 212 valence electrons. The van der Waals surface area contributed by atoms with Gasteiger partial charge in [0.05, 0.1) is 0 Å². The van der Waals surface area contributed by atoms with Crippen LogP contribution in [0.1, 0.15) is 12.0 Å². The molecule has 0 aliphatic carbocycles. The Labute approximate surface area is 228 Å². The van der Waals surface area contributed by atoms with Crippen LogP contribution in [0.2, 0.25) is 0 Å². The predicted octanol–water partition coefficient (Wildman–Crippen LogP) is 4.76. The number of rotatable bonds is 9. The van der Waals surface area contributed by atoms with Gasteiger partial charge in [-0.2, -0.15) is 0 Å². The largest absolute Gasteiger partial charge is 0.573 e. The lowest BCUT2D eigenvalue weighted by Gasteiger charge is -2.35. The van der Waals surface area contributed by atoms with Crippen molar-refractivity contribution in [2.24, 2.45) is 0 Å². The fourth-order valence-electron chi connectivity index (χ4n) is 4.59. The Morgan fingerprint density at radius 2 is 1.73 bits per heavy atom. The van der Waals surface area contributed by atoms with E-state index in [2.05, 4.69) is 19.5 Å². The monoisotopic (exact) mass is 559 g/mol. The highest BCUT2D eigenvalue weighted by Gasteiger charge is 2.31. The molecule has 10 nitrogen and oxygen atoms in total. The zero-order valence-electron chi connectivity index (χ0n) is 21.5. The van der Waals surface area contributed by atoms with Crippen molar-refractivity contribution in [2.75, 3.05) is 44.2 Å². The molecule has 1 aromatic heterocycles. The van der Waals surface area contributed by atoms with Gasteiger partial charge in [-0.3, -0.25) is 9.47 Å². The Bertz CT molecular complexity index is 1320. The Kier molecular flexibility index (Phi) is 8.10. The number of fused-ring (bicyclic) bond motifs is 1. The van der Waals surface area contributed by atoms with Crippen LogP contribution in [0.3, 0.4) is 0 Å². The zero-order chi connectivity index (χ0) is 28.1. The van der Waals surface area contributed by atoms with E-state index in [1.807, 2.05) is 36.4 Å². The number of aromatic nitrogens is 2. The lowest BCUT2D eigenvalue weighted by Crippen LogP contribution is -2.46. The first-order valence-electron chi connectivity index (χ1n) is 12.8. The van der Waals surface area contributed by atoms with Gasteiger partial charge < -0.3 is 29.2 Å². The second-order valence-electron chi connectivity index (χ2n) is 9.47. The van der Waals surface area contributed by atoms with E-state index >= 15 is 0 Å². The molecule has 0 radical (unpaired) electrons. The Morgan fingerprint density at radius 3 is 2.40 bits per heavy atom. The molecule has 1 fully saturated rings. The fourth-order valence-corrected chi connectivity index (χ4v) is 4.59. The third-order valence-electron chi connectivity index (χ3n) is 6.68. The number of aryl methyl sites for hydroxylation is 1. The molecule has 3 aromatic rings. The van der Waals surface area contributed by atoms with Gasteiger partial charge in [-0.25, -0.2) is 0 Å². The molecule has 0 saturated carbocycles. The van der Waals surface area contributed by atoms with E-state index in [0.29, 0.717) is 25.3 Å². The third kappa shape index (κ3) is 7.23. The molecule has 0 N–H and O–H groups in total. The maximum Gasteiger partial charge on any atom is 0.573 e. The molecule has 5 rings (SSSR count). The highest BCUT2D eigenvalue weighted by atomic mass is 19.4. The fraction of sp³-hybridized carbons (Fsp3) is 0.370. The standard InChI is InChI=1S/C27H28F3N5O5/c28-27(29,30)40-23-7-3-20(4-8-23)2-1-12-32-14-16-33(17-15-32)21-5-9-22(10-6-21)38-19-24-11-13-34-18-25(35(36)37)31-26(34)39-24/h1-10,18,24H,11-17,19H2/t24-/m1/s1. The number of imidazole rings is 1. The van der Waals surface area contributed by atoms with Gasteiger partial charge >= 0.3 is 18.2 Å². The third-order valence-corrected chi connectivity index (χ3v) is 6.68. The van der Waals surface area contributed by atoms with Crippen LogP contribution in [-0.4, -0.2) is 71.2 Å². The SMILES string of the molecule is O=[N+]([O-])c1cn2c(n1)O[C@@H](COc1ccc(N3CCN(CC=Cc4ccc(OC(F)(F)F)cc4)CC3)cc1)CC2. The van der Waals surface area contributed by atoms with Crippen LogP contribution in [0.25, 0.3) is 6.08 Å². The summed E-state index contributed by atoms with van der Waals surface area (Å²) < 4.78 is 54.0. The highest BCUT2D eigenvalue weighted by molar-refractivity contribution is 5.51. The summed E-state index contributed by atoms with van der Waals surface area (Å²) in [5, 5.41) is 10.9. The number of nitro groups is 1. The van der Waals surface area contributed by atoms with E-state index in [4.69, 9.17) is 9.47 Å². The summed E-state index contributed by atoms with van der Waals surface area (Å²) in [6, 6.07) is 13.9. The number of hydrogen-bond acceptors (Lipinski definition) is 8. The van der Waals surface area contributed by atoms with Crippen molar-refractivity contribution in [1.82, 2.24) is 14.5 Å². The molecule has 0 spiro atoms. The molecule has 3 heterocycles. The van der Waals surface area contributed by atoms with Gasteiger partial charge in [0.1, 0.15) is 30.4 Å². The highest BCUT2D eigenvalue weighted by Crippen LogP contribution is 2.26. The van der Waals surface area contributed by atoms with Crippen LogP contribution < -0.4 is 19.1 Å². The quantitative estimate of drug-likeness (QED) is 0.274. The summed E-state index contributed by atoms with van der Waals surface area (Å²) >= 11 is 0. The molecule has 13 heteroatoms. The molecule has 2 aromatic carbocycles. The minimum absolute atomic E-state index is 0.225. The van der Waals surface area contributed by atoms with E-state index in [1.165, 1.54) is 18.3 Å². The summed E-state index contributed by atoms with van der Waals surface area (Å²) in [5.41, 5.74) is 1.91. The number of hydrogen-bond donors (Lipinski definition) is 0. The molecule has 2 aliphatic rings. The van der Waals surface area contributed by atoms with E-state index in [0.717, 1.165) is 44.0 Å². The van der Waals surface area contributed by atoms with Gasteiger partial charge in [-0.05, 0) is 46.9 Å². The lowest BCUT2D eigenvalue weighted by molar-refractivity contribution is -0.389. The molecule has 0 bridgehead atoms. The van der Waals surface area contributed by atoms with Crippen molar-refractivity contribution in [3.05, 3.63) is 76.5 Å². The Hall–Kier alpha value is -4.26. The van der Waals surface area contributed by atoms with Crippen molar-refractivity contribution in [2.45, 2.75) is 25.4 Å². The summed E-state index contributed by atoms with van der Waals surface area (Å²) in [6.45, 7) is 5.15. The van der Waals surface area contributed by atoms with Gasteiger partial charge in [0.2, 0.25) is 0 Å². The number of nitrogens with zero attached hydrogens (tertiary/aromatic N) is 5. The van der Waals surface area contributed by atoms with E-state index in [1.54, 1.807) is 16.7 Å². The normalized spacial score (nSPS) is 17.9. The number of piperazine rings is 1. The maximum atomic E-state index is 12.3. The number of halogens is 3. The molecule has 0 amide bonds. The van der Waals surface area contributed by atoms with Crippen LogP contribution in [0, 0.1) is 10.1 Å². The first kappa shape index (κ1) is 27.3. The zero-order valence-corrected chi connectivity index (χ0v) is 21.5. The second-order valence-corrected chi connectivity index (χ2v) is 9.47. The van der Waals surface area contributed by atoms with Crippen molar-refractivity contribution < 1.29 is 32.3 Å². The van der Waals surface area contributed by atoms with Gasteiger partial charge in [0.25, 0.3) is 0 Å². The molecule has 1 atom stereocenters. The summed E-state index contributed by atoms with van der Waals surface area (Å²) in [6.07, 6.45) is 1.01. The molecule has 1 saturated heterocycles. The van der Waals surface area contributed by atoms with E-state index < -0.39 is 11.3 Å². The van der Waals surface area contributed by atoms with Crippen LogP contribution in [-0.2, 0) is 6.54 Å². The number of alkyl halides is 3. The summed E-state index contributed by atoms with van der Waals surface area (Å²) in [5.74, 6) is 0.257. The molecular formula is C27H28F3N5O5. The summed E-state index contributed by atoms with van der Waals surface area (Å²) in [4.78, 5) is 18.9. The number of ether oxygens (including phenoxy) is 3. The average Bonchev–Trinajstić information content (AvgIpc) is 3.37.